The van der Waals surface area contributed by atoms with E-state index in [2.05, 4.69) is 15.3 Å². The number of carbonyl (C=O) groups excluding carboxylic acids is 1. The molecule has 3 aromatic rings. The lowest BCUT2D eigenvalue weighted by Crippen LogP contribution is -2.16. The lowest BCUT2D eigenvalue weighted by Gasteiger charge is -2.14. The molecule has 0 saturated carbocycles. The van der Waals surface area contributed by atoms with Crippen molar-refractivity contribution in [3.8, 4) is 11.1 Å². The number of pyridine rings is 2. The van der Waals surface area contributed by atoms with Gasteiger partial charge < -0.3 is 5.32 Å². The van der Waals surface area contributed by atoms with Gasteiger partial charge in [-0.1, -0.05) is 30.3 Å². The van der Waals surface area contributed by atoms with Crippen LogP contribution in [-0.4, -0.2) is 15.9 Å². The summed E-state index contributed by atoms with van der Waals surface area (Å²) in [7, 11) is 0. The summed E-state index contributed by atoms with van der Waals surface area (Å²) in [5.41, 5.74) is 2.39. The van der Waals surface area contributed by atoms with Gasteiger partial charge in [0.2, 0.25) is 0 Å². The first-order chi connectivity index (χ1) is 12.3. The third kappa shape index (κ3) is 3.94. The Bertz CT molecular complexity index is 933. The number of nitrogens with one attached hydrogen (secondary N) is 1. The lowest BCUT2D eigenvalue weighted by molar-refractivity contribution is 0.102. The van der Waals surface area contributed by atoms with E-state index in [1.54, 1.807) is 12.3 Å². The van der Waals surface area contributed by atoms with E-state index in [0.29, 0.717) is 11.3 Å². The van der Waals surface area contributed by atoms with E-state index in [1.807, 2.05) is 43.3 Å². The predicted octanol–water partition coefficient (Wildman–Crippen LogP) is 4.91. The molecule has 0 aliphatic heterocycles. The van der Waals surface area contributed by atoms with Crippen LogP contribution in [0.15, 0.2) is 60.9 Å². The third-order valence-electron chi connectivity index (χ3n) is 4.06. The van der Waals surface area contributed by atoms with E-state index in [1.165, 1.54) is 26.1 Å². The van der Waals surface area contributed by atoms with Crippen LogP contribution in [0.2, 0.25) is 0 Å². The zero-order valence-electron chi connectivity index (χ0n) is 15.0. The van der Waals surface area contributed by atoms with Gasteiger partial charge in [-0.25, -0.2) is 4.39 Å². The molecule has 0 unspecified atom stereocenters. The summed E-state index contributed by atoms with van der Waals surface area (Å²) in [4.78, 5) is 20.9. The van der Waals surface area contributed by atoms with Gasteiger partial charge in [-0.15, -0.1) is 0 Å². The van der Waals surface area contributed by atoms with E-state index < -0.39 is 5.67 Å². The fraction of sp³-hybridized carbons (Fsp3) is 0.190. The molecular weight excluding hydrogens is 329 g/mol. The molecular formula is C21H20FN3O. The highest BCUT2D eigenvalue weighted by atomic mass is 19.1. The molecule has 0 aliphatic carbocycles. The van der Waals surface area contributed by atoms with Crippen molar-refractivity contribution in [2.24, 2.45) is 0 Å². The molecule has 3 rings (SSSR count). The Morgan fingerprint density at radius 2 is 1.81 bits per heavy atom. The molecule has 132 valence electrons. The number of anilines is 1. The normalized spacial score (nSPS) is 11.2. The lowest BCUT2D eigenvalue weighted by atomic mass is 10.0. The van der Waals surface area contributed by atoms with E-state index in [9.17, 15) is 9.18 Å². The number of benzene rings is 1. The van der Waals surface area contributed by atoms with E-state index in [-0.39, 0.29) is 11.6 Å². The number of halogens is 1. The summed E-state index contributed by atoms with van der Waals surface area (Å²) in [5, 5.41) is 2.82. The Morgan fingerprint density at radius 1 is 1.08 bits per heavy atom. The second-order valence-corrected chi connectivity index (χ2v) is 6.58. The number of rotatable bonds is 4. The average molecular weight is 349 g/mol. The number of amides is 1. The van der Waals surface area contributed by atoms with Crippen molar-refractivity contribution in [2.45, 2.75) is 26.4 Å². The first-order valence-corrected chi connectivity index (χ1v) is 8.33. The van der Waals surface area contributed by atoms with Crippen LogP contribution in [0.5, 0.6) is 0 Å². The van der Waals surface area contributed by atoms with Crippen LogP contribution >= 0.6 is 0 Å². The Morgan fingerprint density at radius 3 is 2.50 bits per heavy atom. The van der Waals surface area contributed by atoms with Crippen molar-refractivity contribution in [3.05, 3.63) is 77.9 Å². The zero-order chi connectivity index (χ0) is 18.7. The molecule has 0 aliphatic rings. The fourth-order valence-corrected chi connectivity index (χ4v) is 2.61. The number of nitrogens with zero attached hydrogens (tertiary/aromatic N) is 2. The molecule has 0 bridgehead atoms. The first-order valence-electron chi connectivity index (χ1n) is 8.33. The molecule has 0 spiro atoms. The first kappa shape index (κ1) is 17.7. The van der Waals surface area contributed by atoms with Crippen molar-refractivity contribution >= 4 is 11.6 Å². The Hall–Kier alpha value is -3.08. The van der Waals surface area contributed by atoms with Gasteiger partial charge in [-0.05, 0) is 44.5 Å². The van der Waals surface area contributed by atoms with Crippen LogP contribution in [0.4, 0.5) is 10.1 Å². The van der Waals surface area contributed by atoms with Crippen LogP contribution in [0.1, 0.15) is 35.6 Å². The van der Waals surface area contributed by atoms with Crippen molar-refractivity contribution in [1.82, 2.24) is 9.97 Å². The van der Waals surface area contributed by atoms with E-state index >= 15 is 0 Å². The smallest absolute Gasteiger partial charge is 0.255 e. The van der Waals surface area contributed by atoms with Gasteiger partial charge in [0.1, 0.15) is 5.67 Å². The molecule has 2 aromatic heterocycles. The second kappa shape index (κ2) is 7.04. The fourth-order valence-electron chi connectivity index (χ4n) is 2.61. The molecule has 26 heavy (non-hydrogen) atoms. The van der Waals surface area contributed by atoms with Crippen LogP contribution in [0, 0.1) is 6.92 Å². The topological polar surface area (TPSA) is 54.9 Å². The molecule has 0 fully saturated rings. The molecule has 4 nitrogen and oxygen atoms in total. The zero-order valence-corrected chi connectivity index (χ0v) is 15.0. The summed E-state index contributed by atoms with van der Waals surface area (Å²) in [6, 6.07) is 14.8. The van der Waals surface area contributed by atoms with Gasteiger partial charge >= 0.3 is 0 Å². The highest BCUT2D eigenvalue weighted by molar-refractivity contribution is 6.04. The maximum atomic E-state index is 14.1. The Labute approximate surface area is 152 Å². The van der Waals surface area contributed by atoms with Crippen molar-refractivity contribution in [2.75, 3.05) is 5.32 Å². The van der Waals surface area contributed by atoms with Gasteiger partial charge in [0, 0.05) is 23.0 Å². The number of aromatic nitrogens is 2. The molecule has 5 heteroatoms. The summed E-state index contributed by atoms with van der Waals surface area (Å²) in [5.74, 6) is -0.331. The van der Waals surface area contributed by atoms with Crippen LogP contribution < -0.4 is 5.32 Å². The van der Waals surface area contributed by atoms with Crippen molar-refractivity contribution in [1.29, 1.82) is 0 Å². The molecule has 1 aromatic carbocycles. The van der Waals surface area contributed by atoms with Gasteiger partial charge in [0.05, 0.1) is 17.6 Å². The van der Waals surface area contributed by atoms with Gasteiger partial charge in [0.25, 0.3) is 5.91 Å². The number of hydrogen-bond acceptors (Lipinski definition) is 3. The Kier molecular flexibility index (Phi) is 4.80. The van der Waals surface area contributed by atoms with Gasteiger partial charge in [0.15, 0.2) is 0 Å². The number of aryl methyl sites for hydroxylation is 1. The summed E-state index contributed by atoms with van der Waals surface area (Å²) in [6.45, 7) is 4.74. The maximum absolute atomic E-state index is 14.1. The summed E-state index contributed by atoms with van der Waals surface area (Å²) in [6.07, 6.45) is 3.05. The van der Waals surface area contributed by atoms with Crippen LogP contribution in [-0.2, 0) is 5.67 Å². The quantitative estimate of drug-likeness (QED) is 0.728. The monoisotopic (exact) mass is 349 g/mol. The Balaban J connectivity index is 1.87. The predicted molar refractivity (Wildman–Crippen MR) is 101 cm³/mol. The summed E-state index contributed by atoms with van der Waals surface area (Å²) >= 11 is 0. The van der Waals surface area contributed by atoms with Crippen molar-refractivity contribution in [3.63, 3.8) is 0 Å². The average Bonchev–Trinajstić information content (AvgIpc) is 2.63. The van der Waals surface area contributed by atoms with E-state index in [4.69, 9.17) is 0 Å². The third-order valence-corrected chi connectivity index (χ3v) is 4.06. The molecule has 1 N–H and O–H groups in total. The summed E-state index contributed by atoms with van der Waals surface area (Å²) < 4.78 is 14.1. The SMILES string of the molecule is Cc1ncc(NC(=O)c2ccnc(C(C)(C)F)c2)cc1-c1ccccc1. The second-order valence-electron chi connectivity index (χ2n) is 6.58. The minimum atomic E-state index is -1.61. The molecule has 1 amide bonds. The van der Waals surface area contributed by atoms with E-state index in [0.717, 1.165) is 16.8 Å². The van der Waals surface area contributed by atoms with Gasteiger partial charge in [-0.2, -0.15) is 0 Å². The van der Waals surface area contributed by atoms with Crippen LogP contribution in [0.25, 0.3) is 11.1 Å². The highest BCUT2D eigenvalue weighted by Gasteiger charge is 2.21. The highest BCUT2D eigenvalue weighted by Crippen LogP contribution is 2.26. The minimum absolute atomic E-state index is 0.220. The largest absolute Gasteiger partial charge is 0.321 e. The van der Waals surface area contributed by atoms with Crippen molar-refractivity contribution < 1.29 is 9.18 Å². The van der Waals surface area contributed by atoms with Gasteiger partial charge in [-0.3, -0.25) is 14.8 Å². The number of carbonyl (C=O) groups is 1. The molecule has 0 atom stereocenters. The standard InChI is InChI=1S/C21H20FN3O/c1-14-18(15-7-5-4-6-8-15)12-17(13-24-14)25-20(26)16-9-10-23-19(11-16)21(2,3)22/h4-13H,1-3H3,(H,25,26). The number of alkyl halides is 1. The molecule has 2 heterocycles. The molecule has 0 saturated heterocycles. The van der Waals surface area contributed by atoms with Crippen LogP contribution in [0.3, 0.4) is 0 Å². The number of hydrogen-bond donors (Lipinski definition) is 1. The maximum Gasteiger partial charge on any atom is 0.255 e. The minimum Gasteiger partial charge on any atom is -0.321 e. The molecule has 0 radical (unpaired) electrons.